The number of hydrogen-bond acceptors (Lipinski definition) is 4. The fourth-order valence-corrected chi connectivity index (χ4v) is 4.02. The number of halogens is 1. The van der Waals surface area contributed by atoms with Crippen molar-refractivity contribution in [1.29, 1.82) is 0 Å². The van der Waals surface area contributed by atoms with Crippen molar-refractivity contribution in [2.75, 3.05) is 18.0 Å². The third-order valence-electron chi connectivity index (χ3n) is 5.49. The molecule has 1 aromatic heterocycles. The third-order valence-corrected chi connectivity index (χ3v) is 5.49. The molecule has 2 heterocycles. The lowest BCUT2D eigenvalue weighted by molar-refractivity contribution is 0.0694. The van der Waals surface area contributed by atoms with Gasteiger partial charge in [-0.3, -0.25) is 4.79 Å². The zero-order chi connectivity index (χ0) is 19.9. The van der Waals surface area contributed by atoms with Gasteiger partial charge in [-0.25, -0.2) is 9.18 Å². The smallest absolute Gasteiger partial charge is 0.341 e. The molecule has 0 radical (unpaired) electrons. The standard InChI is InChI=1S/C20H25FN2O4/c1-4-12-17-13(19(25)14(20(26)27)10-22(17)5-2)8-15(21)18(12)23-7-6-16(24)11(3)9-23/h8,10-11,16,24H,4-7,9H2,1-3H3,(H,26,27)/t11-,16+/m0/s1. The summed E-state index contributed by atoms with van der Waals surface area (Å²) in [4.78, 5) is 26.0. The highest BCUT2D eigenvalue weighted by Crippen LogP contribution is 2.34. The molecule has 1 fully saturated rings. The van der Waals surface area contributed by atoms with Crippen LogP contribution >= 0.6 is 0 Å². The molecule has 2 aromatic rings. The highest BCUT2D eigenvalue weighted by Gasteiger charge is 2.29. The molecule has 1 aromatic carbocycles. The normalized spacial score (nSPS) is 20.3. The number of piperidine rings is 1. The van der Waals surface area contributed by atoms with Crippen LogP contribution in [-0.2, 0) is 13.0 Å². The Hall–Kier alpha value is -2.41. The fraction of sp³-hybridized carbons (Fsp3) is 0.500. The number of hydrogen-bond donors (Lipinski definition) is 2. The molecule has 1 aliphatic heterocycles. The van der Waals surface area contributed by atoms with Crippen LogP contribution in [0.15, 0.2) is 17.1 Å². The lowest BCUT2D eigenvalue weighted by atomic mass is 9.94. The van der Waals surface area contributed by atoms with Crippen LogP contribution in [0, 0.1) is 11.7 Å². The summed E-state index contributed by atoms with van der Waals surface area (Å²) in [5, 5.41) is 19.4. The van der Waals surface area contributed by atoms with Crippen LogP contribution in [0.5, 0.6) is 0 Å². The number of rotatable bonds is 4. The highest BCUT2D eigenvalue weighted by molar-refractivity contribution is 5.95. The number of benzene rings is 1. The van der Waals surface area contributed by atoms with Crippen LogP contribution in [0.1, 0.15) is 43.1 Å². The van der Waals surface area contributed by atoms with Crippen molar-refractivity contribution in [3.8, 4) is 0 Å². The average Bonchev–Trinajstić information content (AvgIpc) is 2.63. The average molecular weight is 376 g/mol. The van der Waals surface area contributed by atoms with Gasteiger partial charge in [-0.15, -0.1) is 0 Å². The Morgan fingerprint density at radius 3 is 2.63 bits per heavy atom. The Bertz CT molecular complexity index is 953. The predicted octanol–water partition coefficient (Wildman–Crippen LogP) is 2.63. The summed E-state index contributed by atoms with van der Waals surface area (Å²) in [6, 6.07) is 1.17. The minimum Gasteiger partial charge on any atom is -0.477 e. The molecule has 3 rings (SSSR count). The van der Waals surface area contributed by atoms with Gasteiger partial charge in [0, 0.05) is 36.8 Å². The van der Waals surface area contributed by atoms with Crippen LogP contribution in [0.4, 0.5) is 10.1 Å². The molecule has 0 amide bonds. The fourth-order valence-electron chi connectivity index (χ4n) is 4.02. The number of aromatic nitrogens is 1. The number of pyridine rings is 1. The van der Waals surface area contributed by atoms with Crippen molar-refractivity contribution < 1.29 is 19.4 Å². The van der Waals surface area contributed by atoms with E-state index in [9.17, 15) is 19.8 Å². The molecule has 2 atom stereocenters. The van der Waals surface area contributed by atoms with E-state index in [2.05, 4.69) is 0 Å². The first-order valence-corrected chi connectivity index (χ1v) is 9.34. The molecule has 7 heteroatoms. The second-order valence-electron chi connectivity index (χ2n) is 7.18. The number of nitrogens with zero attached hydrogens (tertiary/aromatic N) is 2. The van der Waals surface area contributed by atoms with Crippen molar-refractivity contribution in [2.24, 2.45) is 5.92 Å². The maximum absolute atomic E-state index is 15.1. The summed E-state index contributed by atoms with van der Waals surface area (Å²) in [6.07, 6.45) is 2.00. The van der Waals surface area contributed by atoms with E-state index in [1.165, 1.54) is 12.3 Å². The van der Waals surface area contributed by atoms with E-state index in [1.807, 2.05) is 25.7 Å². The monoisotopic (exact) mass is 376 g/mol. The molecule has 27 heavy (non-hydrogen) atoms. The van der Waals surface area contributed by atoms with E-state index in [4.69, 9.17) is 0 Å². The minimum absolute atomic E-state index is 0.0151. The van der Waals surface area contributed by atoms with Gasteiger partial charge in [0.25, 0.3) is 0 Å². The van der Waals surface area contributed by atoms with Crippen LogP contribution in [0.2, 0.25) is 0 Å². The number of aromatic carboxylic acids is 1. The summed E-state index contributed by atoms with van der Waals surface area (Å²) in [5.41, 5.74) is 0.723. The number of anilines is 1. The summed E-state index contributed by atoms with van der Waals surface area (Å²) in [7, 11) is 0. The molecule has 0 aliphatic carbocycles. The van der Waals surface area contributed by atoms with Gasteiger partial charge in [0.15, 0.2) is 0 Å². The van der Waals surface area contributed by atoms with Gasteiger partial charge in [-0.1, -0.05) is 13.8 Å². The Morgan fingerprint density at radius 2 is 2.07 bits per heavy atom. The van der Waals surface area contributed by atoms with Crippen molar-refractivity contribution in [3.63, 3.8) is 0 Å². The molecule has 0 bridgehead atoms. The SMILES string of the molecule is CCc1c(N2CC[C@@H](O)[C@@H](C)C2)c(F)cc2c(=O)c(C(=O)O)cn(CC)c12. The number of carboxylic acid groups (broad SMARTS) is 1. The first-order valence-electron chi connectivity index (χ1n) is 9.34. The van der Waals surface area contributed by atoms with E-state index >= 15 is 4.39 Å². The largest absolute Gasteiger partial charge is 0.477 e. The Labute approximate surface area is 156 Å². The first-order chi connectivity index (χ1) is 12.8. The van der Waals surface area contributed by atoms with Gasteiger partial charge in [0.2, 0.25) is 5.43 Å². The zero-order valence-corrected chi connectivity index (χ0v) is 15.8. The number of aliphatic hydroxyl groups is 1. The topological polar surface area (TPSA) is 82.8 Å². The molecular formula is C20H25FN2O4. The Kier molecular flexibility index (Phi) is 5.24. The zero-order valence-electron chi connectivity index (χ0n) is 15.8. The van der Waals surface area contributed by atoms with E-state index in [0.29, 0.717) is 49.2 Å². The number of carbonyl (C=O) groups is 1. The van der Waals surface area contributed by atoms with Crippen molar-refractivity contribution >= 4 is 22.6 Å². The molecule has 0 unspecified atom stereocenters. The second-order valence-corrected chi connectivity index (χ2v) is 7.18. The Balaban J connectivity index is 2.31. The van der Waals surface area contributed by atoms with Gasteiger partial charge >= 0.3 is 5.97 Å². The van der Waals surface area contributed by atoms with Crippen LogP contribution < -0.4 is 10.3 Å². The van der Waals surface area contributed by atoms with E-state index in [-0.39, 0.29) is 16.9 Å². The summed E-state index contributed by atoms with van der Waals surface area (Å²) in [5.74, 6) is -1.82. The molecule has 146 valence electrons. The number of fused-ring (bicyclic) bond motifs is 1. The van der Waals surface area contributed by atoms with Gasteiger partial charge in [-0.2, -0.15) is 0 Å². The van der Waals surface area contributed by atoms with Crippen LogP contribution in [0.25, 0.3) is 10.9 Å². The molecular weight excluding hydrogens is 351 g/mol. The molecule has 0 saturated carbocycles. The van der Waals surface area contributed by atoms with Gasteiger partial charge in [-0.05, 0) is 31.7 Å². The molecule has 1 saturated heterocycles. The van der Waals surface area contributed by atoms with Gasteiger partial charge < -0.3 is 19.7 Å². The predicted molar refractivity (Wildman–Crippen MR) is 102 cm³/mol. The Morgan fingerprint density at radius 1 is 1.37 bits per heavy atom. The van der Waals surface area contributed by atoms with E-state index in [0.717, 1.165) is 0 Å². The number of aliphatic hydroxyl groups excluding tert-OH is 1. The molecule has 6 nitrogen and oxygen atoms in total. The van der Waals surface area contributed by atoms with Crippen molar-refractivity contribution in [3.05, 3.63) is 39.4 Å². The van der Waals surface area contributed by atoms with E-state index < -0.39 is 23.3 Å². The minimum atomic E-state index is -1.31. The van der Waals surface area contributed by atoms with Gasteiger partial charge in [0.05, 0.1) is 17.3 Å². The highest BCUT2D eigenvalue weighted by atomic mass is 19.1. The molecule has 1 aliphatic rings. The number of carboxylic acids is 1. The summed E-state index contributed by atoms with van der Waals surface area (Å²) < 4.78 is 16.8. The maximum atomic E-state index is 15.1. The van der Waals surface area contributed by atoms with Crippen LogP contribution in [0.3, 0.4) is 0 Å². The van der Waals surface area contributed by atoms with Crippen molar-refractivity contribution in [1.82, 2.24) is 4.57 Å². The summed E-state index contributed by atoms with van der Waals surface area (Å²) >= 11 is 0. The van der Waals surface area contributed by atoms with Gasteiger partial charge in [0.1, 0.15) is 11.4 Å². The first kappa shape index (κ1) is 19.4. The van der Waals surface area contributed by atoms with Crippen LogP contribution in [-0.4, -0.2) is 39.9 Å². The maximum Gasteiger partial charge on any atom is 0.341 e. The third kappa shape index (κ3) is 3.20. The molecule has 2 N–H and O–H groups in total. The lowest BCUT2D eigenvalue weighted by Crippen LogP contribution is -2.42. The van der Waals surface area contributed by atoms with E-state index in [1.54, 1.807) is 4.57 Å². The summed E-state index contributed by atoms with van der Waals surface area (Å²) in [6.45, 7) is 7.21. The second kappa shape index (κ2) is 7.31. The quantitative estimate of drug-likeness (QED) is 0.857. The molecule has 0 spiro atoms. The van der Waals surface area contributed by atoms with Crippen molar-refractivity contribution in [2.45, 2.75) is 46.3 Å². The number of aryl methyl sites for hydroxylation is 2. The lowest BCUT2D eigenvalue weighted by Gasteiger charge is -2.37.